The quantitative estimate of drug-likeness (QED) is 0.689. The van der Waals surface area contributed by atoms with Gasteiger partial charge in [-0.1, -0.05) is 12.1 Å². The molecule has 9 heteroatoms. The number of ether oxygens (including phenoxy) is 2. The fourth-order valence-electron chi connectivity index (χ4n) is 3.82. The van der Waals surface area contributed by atoms with Crippen molar-refractivity contribution in [2.24, 2.45) is 0 Å². The van der Waals surface area contributed by atoms with Crippen molar-refractivity contribution in [1.29, 1.82) is 0 Å². The molecular formula is C20H19N3O5S. The highest BCUT2D eigenvalue weighted by atomic mass is 32.2. The molecule has 0 spiro atoms. The molecule has 3 aromatic rings. The van der Waals surface area contributed by atoms with Crippen molar-refractivity contribution < 1.29 is 23.0 Å². The van der Waals surface area contributed by atoms with Gasteiger partial charge in [-0.15, -0.1) is 0 Å². The largest absolute Gasteiger partial charge is 0.506 e. The van der Waals surface area contributed by atoms with Crippen molar-refractivity contribution in [2.75, 3.05) is 20.9 Å². The van der Waals surface area contributed by atoms with E-state index in [0.29, 0.717) is 17.0 Å². The van der Waals surface area contributed by atoms with Crippen molar-refractivity contribution >= 4 is 27.2 Å². The third kappa shape index (κ3) is 2.58. The topological polar surface area (TPSA) is 95.1 Å². The molecule has 0 bridgehead atoms. The molecule has 2 aliphatic rings. The number of phenols is 1. The molecule has 8 nitrogen and oxygen atoms in total. The minimum Gasteiger partial charge on any atom is -0.506 e. The first-order valence-electron chi connectivity index (χ1n) is 8.99. The normalized spacial score (nSPS) is 17.9. The standard InChI is InChI=1S/C20H19N3O5S/c1-22(2)29(25,26)23-7-6-12-8-17-18(28-11-27-17)9-14(12)20(23)15-10-21-19-13(15)4-3-5-16(19)24/h3-10,20-21,24H,11H2,1-2H3. The van der Waals surface area contributed by atoms with E-state index in [1.165, 1.54) is 22.7 Å². The number of hydrogen-bond donors (Lipinski definition) is 2. The summed E-state index contributed by atoms with van der Waals surface area (Å²) in [7, 11) is -0.786. The SMILES string of the molecule is CN(C)S(=O)(=O)N1C=Cc2cc3c(cc2C1c1c[nH]c2c(O)cccc12)OCO3. The van der Waals surface area contributed by atoms with E-state index >= 15 is 0 Å². The molecular weight excluding hydrogens is 394 g/mol. The Morgan fingerprint density at radius 1 is 1.17 bits per heavy atom. The van der Waals surface area contributed by atoms with E-state index in [2.05, 4.69) is 4.98 Å². The van der Waals surface area contributed by atoms with Gasteiger partial charge in [0.1, 0.15) is 5.75 Å². The molecule has 0 saturated carbocycles. The van der Waals surface area contributed by atoms with Crippen molar-refractivity contribution in [3.05, 3.63) is 59.4 Å². The molecule has 5 rings (SSSR count). The number of H-pyrrole nitrogens is 1. The Kier molecular flexibility index (Phi) is 3.80. The van der Waals surface area contributed by atoms with Crippen LogP contribution >= 0.6 is 0 Å². The average Bonchev–Trinajstić information content (AvgIpc) is 3.32. The molecule has 0 fully saturated rings. The molecule has 3 heterocycles. The lowest BCUT2D eigenvalue weighted by molar-refractivity contribution is 0.174. The second-order valence-corrected chi connectivity index (χ2v) is 9.16. The molecule has 150 valence electrons. The van der Waals surface area contributed by atoms with Gasteiger partial charge in [-0.2, -0.15) is 12.7 Å². The number of hydrogen-bond acceptors (Lipinski definition) is 5. The zero-order valence-electron chi connectivity index (χ0n) is 15.8. The number of para-hydroxylation sites is 1. The van der Waals surface area contributed by atoms with Gasteiger partial charge in [-0.05, 0) is 35.4 Å². The maximum absolute atomic E-state index is 13.1. The smallest absolute Gasteiger partial charge is 0.303 e. The molecule has 2 aliphatic heterocycles. The summed E-state index contributed by atoms with van der Waals surface area (Å²) >= 11 is 0. The Hall–Kier alpha value is -3.17. The molecule has 29 heavy (non-hydrogen) atoms. The summed E-state index contributed by atoms with van der Waals surface area (Å²) in [4.78, 5) is 3.07. The lowest BCUT2D eigenvalue weighted by Gasteiger charge is -2.35. The van der Waals surface area contributed by atoms with E-state index in [1.54, 1.807) is 30.6 Å². The highest BCUT2D eigenvalue weighted by Crippen LogP contribution is 2.46. The number of nitrogens with one attached hydrogen (secondary N) is 1. The van der Waals surface area contributed by atoms with Crippen molar-refractivity contribution in [1.82, 2.24) is 13.6 Å². The van der Waals surface area contributed by atoms with Crippen molar-refractivity contribution in [3.8, 4) is 17.2 Å². The number of fused-ring (bicyclic) bond motifs is 3. The fourth-order valence-corrected chi connectivity index (χ4v) is 4.91. The van der Waals surface area contributed by atoms with Crippen molar-refractivity contribution in [2.45, 2.75) is 6.04 Å². The van der Waals surface area contributed by atoms with Gasteiger partial charge in [0.05, 0.1) is 11.6 Å². The van der Waals surface area contributed by atoms with E-state index < -0.39 is 16.3 Å². The summed E-state index contributed by atoms with van der Waals surface area (Å²) in [5, 5.41) is 10.9. The monoisotopic (exact) mass is 413 g/mol. The van der Waals surface area contributed by atoms with Crippen LogP contribution in [-0.4, -0.2) is 48.0 Å². The molecule has 1 atom stereocenters. The van der Waals surface area contributed by atoms with E-state index in [1.807, 2.05) is 18.2 Å². The number of benzene rings is 2. The van der Waals surface area contributed by atoms with Crippen LogP contribution in [0.3, 0.4) is 0 Å². The highest BCUT2D eigenvalue weighted by Gasteiger charge is 2.37. The summed E-state index contributed by atoms with van der Waals surface area (Å²) in [6.07, 6.45) is 5.05. The predicted octanol–water partition coefficient (Wildman–Crippen LogP) is 2.78. The third-order valence-electron chi connectivity index (χ3n) is 5.28. The molecule has 0 saturated heterocycles. The molecule has 0 aliphatic carbocycles. The number of aromatic amines is 1. The molecule has 2 aromatic carbocycles. The van der Waals surface area contributed by atoms with Crippen LogP contribution in [0.1, 0.15) is 22.7 Å². The van der Waals surface area contributed by atoms with Crippen LogP contribution in [0.4, 0.5) is 0 Å². The van der Waals surface area contributed by atoms with Gasteiger partial charge < -0.3 is 19.6 Å². The minimum absolute atomic E-state index is 0.105. The second kappa shape index (κ2) is 6.16. The lowest BCUT2D eigenvalue weighted by Crippen LogP contribution is -2.40. The fraction of sp³-hybridized carbons (Fsp3) is 0.200. The van der Waals surface area contributed by atoms with Crippen LogP contribution in [0.15, 0.2) is 42.7 Å². The van der Waals surface area contributed by atoms with Crippen LogP contribution in [0, 0.1) is 0 Å². The third-order valence-corrected chi connectivity index (χ3v) is 7.06. The number of aromatic hydroxyl groups is 1. The van der Waals surface area contributed by atoms with Gasteiger partial charge >= 0.3 is 10.2 Å². The van der Waals surface area contributed by atoms with Crippen LogP contribution in [0.2, 0.25) is 0 Å². The van der Waals surface area contributed by atoms with Gasteiger partial charge in [0, 0.05) is 37.4 Å². The Morgan fingerprint density at radius 3 is 2.69 bits per heavy atom. The van der Waals surface area contributed by atoms with E-state index in [9.17, 15) is 13.5 Å². The number of rotatable bonds is 3. The Balaban J connectivity index is 1.78. The van der Waals surface area contributed by atoms with Crippen molar-refractivity contribution in [3.63, 3.8) is 0 Å². The van der Waals surface area contributed by atoms with Crippen LogP contribution in [-0.2, 0) is 10.2 Å². The summed E-state index contributed by atoms with van der Waals surface area (Å²) in [6, 6.07) is 8.21. The summed E-state index contributed by atoms with van der Waals surface area (Å²) in [6.45, 7) is 0.132. The second-order valence-electron chi connectivity index (χ2n) is 7.12. The minimum atomic E-state index is -3.78. The number of phenolic OH excluding ortho intramolecular Hbond substituents is 1. The first-order valence-corrected chi connectivity index (χ1v) is 10.4. The first kappa shape index (κ1) is 17.9. The van der Waals surface area contributed by atoms with Crippen LogP contribution in [0.25, 0.3) is 17.0 Å². The Morgan fingerprint density at radius 2 is 1.93 bits per heavy atom. The van der Waals surface area contributed by atoms with E-state index in [-0.39, 0.29) is 12.5 Å². The zero-order chi connectivity index (χ0) is 20.3. The van der Waals surface area contributed by atoms with Gasteiger partial charge in [-0.25, -0.2) is 0 Å². The molecule has 2 N–H and O–H groups in total. The van der Waals surface area contributed by atoms with E-state index in [4.69, 9.17) is 9.47 Å². The van der Waals surface area contributed by atoms with Crippen LogP contribution in [0.5, 0.6) is 17.2 Å². The van der Waals surface area contributed by atoms with Crippen LogP contribution < -0.4 is 9.47 Å². The Bertz CT molecular complexity index is 1260. The molecule has 0 amide bonds. The average molecular weight is 413 g/mol. The summed E-state index contributed by atoms with van der Waals surface area (Å²) < 4.78 is 39.8. The summed E-state index contributed by atoms with van der Waals surface area (Å²) in [5.41, 5.74) is 2.90. The number of nitrogens with zero attached hydrogens (tertiary/aromatic N) is 2. The van der Waals surface area contributed by atoms with Gasteiger partial charge in [0.2, 0.25) is 6.79 Å². The van der Waals surface area contributed by atoms with E-state index in [0.717, 1.165) is 22.1 Å². The van der Waals surface area contributed by atoms with Gasteiger partial charge in [0.25, 0.3) is 0 Å². The predicted molar refractivity (Wildman–Crippen MR) is 108 cm³/mol. The van der Waals surface area contributed by atoms with Gasteiger partial charge in [-0.3, -0.25) is 4.31 Å². The zero-order valence-corrected chi connectivity index (χ0v) is 16.6. The lowest BCUT2D eigenvalue weighted by atomic mass is 9.91. The molecule has 1 aromatic heterocycles. The molecule has 0 radical (unpaired) electrons. The summed E-state index contributed by atoms with van der Waals surface area (Å²) in [5.74, 6) is 1.31. The Labute approximate surface area is 167 Å². The first-order chi connectivity index (χ1) is 13.9. The number of aromatic nitrogens is 1. The maximum atomic E-state index is 13.1. The maximum Gasteiger partial charge on any atom is 0.303 e. The molecule has 1 unspecified atom stereocenters. The van der Waals surface area contributed by atoms with Gasteiger partial charge in [0.15, 0.2) is 11.5 Å². The highest BCUT2D eigenvalue weighted by molar-refractivity contribution is 7.86.